The minimum absolute atomic E-state index is 0.254. The van der Waals surface area contributed by atoms with Gasteiger partial charge in [-0.1, -0.05) is 12.2 Å². The molecule has 3 nitrogen and oxygen atoms in total. The van der Waals surface area contributed by atoms with E-state index in [0.717, 1.165) is 31.4 Å². The monoisotopic (exact) mass is 206 g/mol. The fraction of sp³-hybridized carbons (Fsp3) is 0.417. The van der Waals surface area contributed by atoms with Gasteiger partial charge < -0.3 is 9.84 Å². The quantitative estimate of drug-likeness (QED) is 0.771. The molecule has 0 unspecified atom stereocenters. The van der Waals surface area contributed by atoms with Crippen molar-refractivity contribution in [1.29, 1.82) is 0 Å². The molecule has 3 heteroatoms. The summed E-state index contributed by atoms with van der Waals surface area (Å²) in [7, 11) is 0. The van der Waals surface area contributed by atoms with Crippen molar-refractivity contribution in [2.75, 3.05) is 6.61 Å². The van der Waals surface area contributed by atoms with Crippen LogP contribution in [0.4, 0.5) is 0 Å². The van der Waals surface area contributed by atoms with Crippen LogP contribution in [0.3, 0.4) is 0 Å². The van der Waals surface area contributed by atoms with Gasteiger partial charge in [-0.15, -0.1) is 0 Å². The number of fused-ring (bicyclic) bond motifs is 1. The fourth-order valence-electron chi connectivity index (χ4n) is 2.00. The van der Waals surface area contributed by atoms with Gasteiger partial charge in [0.2, 0.25) is 0 Å². The average Bonchev–Trinajstić information content (AvgIpc) is 2.26. The van der Waals surface area contributed by atoms with Crippen LogP contribution in [0.5, 0.6) is 0 Å². The molecule has 0 atom stereocenters. The lowest BCUT2D eigenvalue weighted by molar-refractivity contribution is -0.140. The topological polar surface area (TPSA) is 46.5 Å². The summed E-state index contributed by atoms with van der Waals surface area (Å²) in [5.74, 6) is -0.182. The smallest absolute Gasteiger partial charge is 0.341 e. The molecular weight excluding hydrogens is 192 g/mol. The number of ether oxygens (including phenoxy) is 1. The van der Waals surface area contributed by atoms with Gasteiger partial charge in [0.05, 0.1) is 0 Å². The molecule has 0 aromatic rings. The maximum absolute atomic E-state index is 10.4. The predicted octanol–water partition coefficient (Wildman–Crippen LogP) is 2.41. The Balaban J connectivity index is 2.16. The molecule has 0 aliphatic heterocycles. The van der Waals surface area contributed by atoms with E-state index in [1.807, 2.05) is 12.2 Å². The third kappa shape index (κ3) is 2.29. The van der Waals surface area contributed by atoms with Crippen molar-refractivity contribution in [2.45, 2.75) is 25.7 Å². The number of aliphatic carboxylic acids is 1. The number of carboxylic acids is 1. The molecule has 0 saturated carbocycles. The predicted molar refractivity (Wildman–Crippen MR) is 56.3 cm³/mol. The van der Waals surface area contributed by atoms with Crippen molar-refractivity contribution in [3.05, 3.63) is 35.1 Å². The highest BCUT2D eigenvalue weighted by atomic mass is 16.5. The fourth-order valence-corrected chi connectivity index (χ4v) is 2.00. The Bertz CT molecular complexity index is 361. The minimum atomic E-state index is -0.927. The zero-order valence-corrected chi connectivity index (χ0v) is 8.53. The number of rotatable bonds is 3. The first kappa shape index (κ1) is 10.0. The molecule has 2 rings (SSSR count). The van der Waals surface area contributed by atoms with E-state index in [1.165, 1.54) is 11.1 Å². The van der Waals surface area contributed by atoms with E-state index < -0.39 is 5.97 Å². The van der Waals surface area contributed by atoms with Crippen molar-refractivity contribution in [3.63, 3.8) is 0 Å². The number of carboxylic acid groups (broad SMARTS) is 1. The Morgan fingerprint density at radius 2 is 2.40 bits per heavy atom. The second-order valence-electron chi connectivity index (χ2n) is 3.75. The third-order valence-electron chi connectivity index (χ3n) is 2.66. The molecule has 0 bridgehead atoms. The summed E-state index contributed by atoms with van der Waals surface area (Å²) >= 11 is 0. The minimum Gasteiger partial charge on any atom is -0.482 e. The van der Waals surface area contributed by atoms with E-state index in [0.29, 0.717) is 0 Å². The lowest BCUT2D eigenvalue weighted by Gasteiger charge is -2.22. The second-order valence-corrected chi connectivity index (χ2v) is 3.75. The molecule has 0 spiro atoms. The van der Waals surface area contributed by atoms with Gasteiger partial charge in [-0.25, -0.2) is 4.79 Å². The van der Waals surface area contributed by atoms with Gasteiger partial charge >= 0.3 is 5.97 Å². The molecule has 2 aliphatic rings. The normalized spacial score (nSPS) is 19.6. The highest BCUT2D eigenvalue weighted by Crippen LogP contribution is 2.33. The van der Waals surface area contributed by atoms with Crippen molar-refractivity contribution >= 4 is 5.97 Å². The molecule has 15 heavy (non-hydrogen) atoms. The highest BCUT2D eigenvalue weighted by molar-refractivity contribution is 5.68. The average molecular weight is 206 g/mol. The van der Waals surface area contributed by atoms with Crippen molar-refractivity contribution in [2.24, 2.45) is 0 Å². The molecule has 2 aliphatic carbocycles. The highest BCUT2D eigenvalue weighted by Gasteiger charge is 2.17. The van der Waals surface area contributed by atoms with E-state index in [1.54, 1.807) is 0 Å². The molecule has 80 valence electrons. The van der Waals surface area contributed by atoms with Crippen LogP contribution in [0, 0.1) is 0 Å². The molecule has 0 heterocycles. The van der Waals surface area contributed by atoms with Gasteiger partial charge in [0.1, 0.15) is 5.76 Å². The first-order valence-corrected chi connectivity index (χ1v) is 5.21. The van der Waals surface area contributed by atoms with Gasteiger partial charge in [-0.2, -0.15) is 0 Å². The number of hydrogen-bond donors (Lipinski definition) is 1. The van der Waals surface area contributed by atoms with Gasteiger partial charge in [0.15, 0.2) is 6.61 Å². The van der Waals surface area contributed by atoms with Crippen LogP contribution < -0.4 is 0 Å². The van der Waals surface area contributed by atoms with Crippen LogP contribution in [0.1, 0.15) is 25.7 Å². The van der Waals surface area contributed by atoms with E-state index in [2.05, 4.69) is 6.08 Å². The van der Waals surface area contributed by atoms with Gasteiger partial charge in [-0.05, 0) is 42.9 Å². The largest absolute Gasteiger partial charge is 0.482 e. The maximum Gasteiger partial charge on any atom is 0.341 e. The number of allylic oxidation sites excluding steroid dienone is 5. The van der Waals surface area contributed by atoms with Crippen LogP contribution in [0.25, 0.3) is 0 Å². The molecular formula is C12H14O3. The lowest BCUT2D eigenvalue weighted by Crippen LogP contribution is -2.10. The zero-order valence-electron chi connectivity index (χ0n) is 8.53. The Labute approximate surface area is 88.7 Å². The third-order valence-corrected chi connectivity index (χ3v) is 2.66. The molecule has 0 radical (unpaired) electrons. The summed E-state index contributed by atoms with van der Waals surface area (Å²) < 4.78 is 5.27. The molecule has 0 aromatic heterocycles. The second kappa shape index (κ2) is 4.34. The summed E-state index contributed by atoms with van der Waals surface area (Å²) in [6.45, 7) is -0.254. The first-order valence-electron chi connectivity index (χ1n) is 5.21. The van der Waals surface area contributed by atoms with Crippen LogP contribution in [-0.2, 0) is 9.53 Å². The Hall–Kier alpha value is -1.51. The molecule has 0 fully saturated rings. The Morgan fingerprint density at radius 1 is 1.53 bits per heavy atom. The lowest BCUT2D eigenvalue weighted by atomic mass is 9.88. The number of hydrogen-bond acceptors (Lipinski definition) is 2. The van der Waals surface area contributed by atoms with Gasteiger partial charge in [-0.3, -0.25) is 0 Å². The SMILES string of the molecule is O=C(O)COC1=C2CCCC=C2CC=C1. The maximum atomic E-state index is 10.4. The molecule has 0 saturated heterocycles. The van der Waals surface area contributed by atoms with E-state index in [-0.39, 0.29) is 6.61 Å². The van der Waals surface area contributed by atoms with Gasteiger partial charge in [0, 0.05) is 0 Å². The molecule has 0 amide bonds. The molecule has 1 N–H and O–H groups in total. The summed E-state index contributed by atoms with van der Waals surface area (Å²) in [4.78, 5) is 10.4. The van der Waals surface area contributed by atoms with E-state index in [9.17, 15) is 4.79 Å². The number of carbonyl (C=O) groups is 1. The van der Waals surface area contributed by atoms with Gasteiger partial charge in [0.25, 0.3) is 0 Å². The summed E-state index contributed by atoms with van der Waals surface area (Å²) in [5.41, 5.74) is 2.51. The Morgan fingerprint density at radius 3 is 3.20 bits per heavy atom. The summed E-state index contributed by atoms with van der Waals surface area (Å²) in [6, 6.07) is 0. The molecule has 0 aromatic carbocycles. The zero-order chi connectivity index (χ0) is 10.7. The van der Waals surface area contributed by atoms with Crippen LogP contribution in [-0.4, -0.2) is 17.7 Å². The van der Waals surface area contributed by atoms with E-state index in [4.69, 9.17) is 9.84 Å². The van der Waals surface area contributed by atoms with Crippen molar-refractivity contribution < 1.29 is 14.6 Å². The van der Waals surface area contributed by atoms with Crippen LogP contribution in [0.2, 0.25) is 0 Å². The van der Waals surface area contributed by atoms with Crippen molar-refractivity contribution in [3.8, 4) is 0 Å². The summed E-state index contributed by atoms with van der Waals surface area (Å²) in [6.07, 6.45) is 10.4. The van der Waals surface area contributed by atoms with Crippen LogP contribution >= 0.6 is 0 Å². The van der Waals surface area contributed by atoms with Crippen LogP contribution in [0.15, 0.2) is 35.1 Å². The van der Waals surface area contributed by atoms with E-state index >= 15 is 0 Å². The first-order chi connectivity index (χ1) is 7.27. The Kier molecular flexibility index (Phi) is 2.90. The van der Waals surface area contributed by atoms with Crippen molar-refractivity contribution in [1.82, 2.24) is 0 Å². The standard InChI is InChI=1S/C12H14O3/c13-12(14)8-15-11-7-3-5-9-4-1-2-6-10(9)11/h3-4,7H,1-2,5-6,8H2,(H,13,14). The summed E-state index contributed by atoms with van der Waals surface area (Å²) in [5, 5.41) is 8.55.